The molecule has 3 amide bonds. The van der Waals surface area contributed by atoms with E-state index in [1.54, 1.807) is 12.0 Å². The van der Waals surface area contributed by atoms with Gasteiger partial charge in [-0.15, -0.1) is 0 Å². The van der Waals surface area contributed by atoms with Crippen LogP contribution in [0.1, 0.15) is 26.7 Å². The van der Waals surface area contributed by atoms with E-state index >= 15 is 0 Å². The topological polar surface area (TPSA) is 71.1 Å². The summed E-state index contributed by atoms with van der Waals surface area (Å²) in [5.74, 6) is 0.252. The molecule has 2 aliphatic rings. The lowest BCUT2D eigenvalue weighted by molar-refractivity contribution is -0.141. The van der Waals surface area contributed by atoms with Gasteiger partial charge in [0.2, 0.25) is 5.91 Å². The molecule has 0 saturated carbocycles. The Hall–Kier alpha value is -1.34. The van der Waals surface area contributed by atoms with Crippen LogP contribution in [-0.2, 0) is 14.3 Å². The molecule has 0 aliphatic carbocycles. The third kappa shape index (κ3) is 4.81. The van der Waals surface area contributed by atoms with Gasteiger partial charge in [0, 0.05) is 39.2 Å². The first-order chi connectivity index (χ1) is 11.0. The minimum atomic E-state index is -0.0707. The molecule has 2 rings (SSSR count). The first-order valence-electron chi connectivity index (χ1n) is 8.47. The van der Waals surface area contributed by atoms with Crippen molar-refractivity contribution in [2.45, 2.75) is 38.8 Å². The van der Waals surface area contributed by atoms with Crippen LogP contribution in [0.25, 0.3) is 0 Å². The standard InChI is InChI=1S/C16H29N3O4/c1-12(13(2)22-3)17-16(21)19-6-4-14(5-7-19)15(20)18-8-10-23-11-9-18/h12-14H,4-11H2,1-3H3,(H,17,21)/t12-,13?/m0/s1. The molecular formula is C16H29N3O4. The second-order valence-corrected chi connectivity index (χ2v) is 6.38. The van der Waals surface area contributed by atoms with Crippen molar-refractivity contribution in [3.05, 3.63) is 0 Å². The maximum atomic E-state index is 12.5. The number of amides is 3. The molecule has 2 fully saturated rings. The molecule has 2 heterocycles. The molecule has 0 bridgehead atoms. The third-order valence-electron chi connectivity index (χ3n) is 4.88. The van der Waals surface area contributed by atoms with E-state index in [0.717, 1.165) is 12.8 Å². The quantitative estimate of drug-likeness (QED) is 0.825. The van der Waals surface area contributed by atoms with E-state index in [-0.39, 0.29) is 30.0 Å². The second kappa shape index (κ2) is 8.49. The van der Waals surface area contributed by atoms with Gasteiger partial charge in [-0.3, -0.25) is 4.79 Å². The Morgan fingerprint density at radius 1 is 1.09 bits per heavy atom. The highest BCUT2D eigenvalue weighted by Crippen LogP contribution is 2.20. The highest BCUT2D eigenvalue weighted by molar-refractivity contribution is 5.80. The molecule has 0 aromatic carbocycles. The fourth-order valence-electron chi connectivity index (χ4n) is 2.98. The predicted octanol–water partition coefficient (Wildman–Crippen LogP) is 0.690. The largest absolute Gasteiger partial charge is 0.380 e. The summed E-state index contributed by atoms with van der Waals surface area (Å²) in [6.07, 6.45) is 1.44. The number of nitrogens with one attached hydrogen (secondary N) is 1. The summed E-state index contributed by atoms with van der Waals surface area (Å²) in [5, 5.41) is 2.96. The van der Waals surface area contributed by atoms with Crippen LogP contribution in [-0.4, -0.2) is 80.4 Å². The highest BCUT2D eigenvalue weighted by atomic mass is 16.5. The molecule has 1 unspecified atom stereocenters. The van der Waals surface area contributed by atoms with Crippen LogP contribution in [0.15, 0.2) is 0 Å². The summed E-state index contributed by atoms with van der Waals surface area (Å²) >= 11 is 0. The van der Waals surface area contributed by atoms with Gasteiger partial charge in [0.25, 0.3) is 0 Å². The zero-order valence-corrected chi connectivity index (χ0v) is 14.4. The number of rotatable bonds is 4. The van der Waals surface area contributed by atoms with E-state index < -0.39 is 0 Å². The number of carbonyl (C=O) groups is 2. The molecule has 2 saturated heterocycles. The number of likely N-dealkylation sites (tertiary alicyclic amines) is 1. The van der Waals surface area contributed by atoms with Gasteiger partial charge in [0.15, 0.2) is 0 Å². The van der Waals surface area contributed by atoms with Crippen molar-refractivity contribution in [1.29, 1.82) is 0 Å². The molecule has 23 heavy (non-hydrogen) atoms. The lowest BCUT2D eigenvalue weighted by Gasteiger charge is -2.36. The Balaban J connectivity index is 1.76. The number of urea groups is 1. The Bertz CT molecular complexity index is 404. The van der Waals surface area contributed by atoms with Crippen LogP contribution in [0.2, 0.25) is 0 Å². The zero-order chi connectivity index (χ0) is 16.8. The minimum absolute atomic E-state index is 0.0283. The number of carbonyl (C=O) groups excluding carboxylic acids is 2. The van der Waals surface area contributed by atoms with Gasteiger partial charge in [-0.2, -0.15) is 0 Å². The smallest absolute Gasteiger partial charge is 0.317 e. The molecule has 7 nitrogen and oxygen atoms in total. The van der Waals surface area contributed by atoms with E-state index in [2.05, 4.69) is 5.32 Å². The molecule has 0 spiro atoms. The number of hydrogen-bond donors (Lipinski definition) is 1. The minimum Gasteiger partial charge on any atom is -0.380 e. The van der Waals surface area contributed by atoms with Gasteiger partial charge in [-0.05, 0) is 26.7 Å². The maximum Gasteiger partial charge on any atom is 0.317 e. The summed E-state index contributed by atoms with van der Waals surface area (Å²) in [4.78, 5) is 28.4. The molecule has 7 heteroatoms. The van der Waals surface area contributed by atoms with Crippen LogP contribution in [0.5, 0.6) is 0 Å². The van der Waals surface area contributed by atoms with Crippen LogP contribution >= 0.6 is 0 Å². The Morgan fingerprint density at radius 3 is 2.26 bits per heavy atom. The first-order valence-corrected chi connectivity index (χ1v) is 8.47. The van der Waals surface area contributed by atoms with Gasteiger partial charge < -0.3 is 24.6 Å². The lowest BCUT2D eigenvalue weighted by Crippen LogP contribution is -2.52. The molecule has 0 aromatic heterocycles. The number of morpholine rings is 1. The summed E-state index contributed by atoms with van der Waals surface area (Å²) < 4.78 is 10.5. The van der Waals surface area contributed by atoms with Crippen LogP contribution in [0.3, 0.4) is 0 Å². The molecule has 1 N–H and O–H groups in total. The van der Waals surface area contributed by atoms with E-state index in [1.807, 2.05) is 18.7 Å². The van der Waals surface area contributed by atoms with E-state index in [4.69, 9.17) is 9.47 Å². The van der Waals surface area contributed by atoms with Crippen LogP contribution < -0.4 is 5.32 Å². The van der Waals surface area contributed by atoms with Crippen LogP contribution in [0.4, 0.5) is 4.79 Å². The van der Waals surface area contributed by atoms with E-state index in [1.165, 1.54) is 0 Å². The summed E-state index contributed by atoms with van der Waals surface area (Å²) in [5.41, 5.74) is 0. The van der Waals surface area contributed by atoms with Crippen molar-refractivity contribution in [2.75, 3.05) is 46.5 Å². The van der Waals surface area contributed by atoms with Crippen molar-refractivity contribution >= 4 is 11.9 Å². The zero-order valence-electron chi connectivity index (χ0n) is 14.4. The number of methoxy groups -OCH3 is 1. The van der Waals surface area contributed by atoms with Gasteiger partial charge >= 0.3 is 6.03 Å². The average Bonchev–Trinajstić information content (AvgIpc) is 2.61. The Morgan fingerprint density at radius 2 is 1.70 bits per heavy atom. The number of nitrogens with zero attached hydrogens (tertiary/aromatic N) is 2. The predicted molar refractivity (Wildman–Crippen MR) is 86.2 cm³/mol. The Labute approximate surface area is 138 Å². The SMILES string of the molecule is COC(C)[C@H](C)NC(=O)N1CCC(C(=O)N2CCOCC2)CC1. The van der Waals surface area contributed by atoms with Crippen molar-refractivity contribution in [1.82, 2.24) is 15.1 Å². The normalized spacial score (nSPS) is 22.6. The third-order valence-corrected chi connectivity index (χ3v) is 4.88. The summed E-state index contributed by atoms with van der Waals surface area (Å²) in [7, 11) is 1.63. The monoisotopic (exact) mass is 327 g/mol. The Kier molecular flexibility index (Phi) is 6.65. The molecule has 2 atom stereocenters. The van der Waals surface area contributed by atoms with Gasteiger partial charge in [-0.25, -0.2) is 4.79 Å². The van der Waals surface area contributed by atoms with Crippen molar-refractivity contribution < 1.29 is 19.1 Å². The summed E-state index contributed by atoms with van der Waals surface area (Å²) in [6.45, 7) is 7.74. The number of hydrogen-bond acceptors (Lipinski definition) is 4. The molecular weight excluding hydrogens is 298 g/mol. The van der Waals surface area contributed by atoms with E-state index in [0.29, 0.717) is 39.4 Å². The molecule has 0 radical (unpaired) electrons. The molecule has 0 aromatic rings. The number of piperidine rings is 1. The van der Waals surface area contributed by atoms with Crippen LogP contribution in [0, 0.1) is 5.92 Å². The van der Waals surface area contributed by atoms with Gasteiger partial charge in [0.1, 0.15) is 0 Å². The van der Waals surface area contributed by atoms with E-state index in [9.17, 15) is 9.59 Å². The molecule has 2 aliphatic heterocycles. The molecule has 132 valence electrons. The van der Waals surface area contributed by atoms with Crippen molar-refractivity contribution in [3.63, 3.8) is 0 Å². The first kappa shape index (κ1) is 18.0. The van der Waals surface area contributed by atoms with Crippen molar-refractivity contribution in [2.24, 2.45) is 5.92 Å². The van der Waals surface area contributed by atoms with Gasteiger partial charge in [0.05, 0.1) is 25.4 Å². The lowest BCUT2D eigenvalue weighted by atomic mass is 9.95. The van der Waals surface area contributed by atoms with Crippen molar-refractivity contribution in [3.8, 4) is 0 Å². The fourth-order valence-corrected chi connectivity index (χ4v) is 2.98. The maximum absolute atomic E-state index is 12.5. The highest BCUT2D eigenvalue weighted by Gasteiger charge is 2.31. The summed E-state index contributed by atoms with van der Waals surface area (Å²) in [6, 6.07) is -0.112. The fraction of sp³-hybridized carbons (Fsp3) is 0.875. The second-order valence-electron chi connectivity index (χ2n) is 6.38. The van der Waals surface area contributed by atoms with Gasteiger partial charge in [-0.1, -0.05) is 0 Å². The average molecular weight is 327 g/mol. The number of ether oxygens (including phenoxy) is 2.